The Balaban J connectivity index is 2.15. The van der Waals surface area contributed by atoms with E-state index in [2.05, 4.69) is 10.4 Å². The third kappa shape index (κ3) is 2.94. The van der Waals surface area contributed by atoms with E-state index in [0.29, 0.717) is 0 Å². The third-order valence-corrected chi connectivity index (χ3v) is 3.48. The van der Waals surface area contributed by atoms with Crippen LogP contribution in [0.15, 0.2) is 60.7 Å². The lowest BCUT2D eigenvalue weighted by Gasteiger charge is -2.14. The van der Waals surface area contributed by atoms with Crippen LogP contribution in [0.2, 0.25) is 0 Å². The van der Waals surface area contributed by atoms with Crippen molar-refractivity contribution >= 4 is 11.7 Å². The molecule has 0 aliphatic carbocycles. The molecule has 5 nitrogen and oxygen atoms in total. The van der Waals surface area contributed by atoms with E-state index in [9.17, 15) is 4.79 Å². The van der Waals surface area contributed by atoms with E-state index in [-0.39, 0.29) is 5.82 Å². The number of ether oxygens (including phenoxy) is 1. The lowest BCUT2D eigenvalue weighted by atomic mass is 10.1. The number of anilines is 1. The zero-order valence-corrected chi connectivity index (χ0v) is 13.0. The molecule has 0 amide bonds. The second kappa shape index (κ2) is 6.36. The number of rotatable bonds is 4. The fourth-order valence-corrected chi connectivity index (χ4v) is 2.44. The van der Waals surface area contributed by atoms with Crippen molar-refractivity contribution in [3.05, 3.63) is 72.2 Å². The molecule has 0 radical (unpaired) electrons. The molecule has 0 fully saturated rings. The highest BCUT2D eigenvalue weighted by Gasteiger charge is 2.22. The van der Waals surface area contributed by atoms with E-state index in [0.717, 1.165) is 22.6 Å². The van der Waals surface area contributed by atoms with Gasteiger partial charge in [-0.05, 0) is 19.1 Å². The summed E-state index contributed by atoms with van der Waals surface area (Å²) in [5, 5.41) is 0. The highest BCUT2D eigenvalue weighted by Crippen LogP contribution is 2.25. The maximum Gasteiger partial charge on any atom is 0.376 e. The van der Waals surface area contributed by atoms with Gasteiger partial charge in [0, 0.05) is 5.56 Å². The molecule has 0 aliphatic heterocycles. The van der Waals surface area contributed by atoms with E-state index in [1.165, 1.54) is 7.11 Å². The summed E-state index contributed by atoms with van der Waals surface area (Å²) in [7, 11) is 1.35. The summed E-state index contributed by atoms with van der Waals surface area (Å²) >= 11 is 0. The number of nitrogens with zero attached hydrogens (tertiary/aromatic N) is 2. The summed E-state index contributed by atoms with van der Waals surface area (Å²) in [5.74, 6) is -0.272. The number of imidazole rings is 1. The average Bonchev–Trinajstić information content (AvgIpc) is 2.92. The van der Waals surface area contributed by atoms with Gasteiger partial charge in [0.05, 0.1) is 24.2 Å². The SMILES string of the molecule is COC(=O)c1nc(C)c(-c2ccccc2)n1Nc1ccccc1. The predicted molar refractivity (Wildman–Crippen MR) is 89.2 cm³/mol. The summed E-state index contributed by atoms with van der Waals surface area (Å²) < 4.78 is 6.53. The molecular formula is C18H17N3O2. The molecule has 1 heterocycles. The number of carbonyl (C=O) groups is 1. The summed E-state index contributed by atoms with van der Waals surface area (Å²) in [6.45, 7) is 1.87. The number of benzene rings is 2. The number of para-hydroxylation sites is 1. The van der Waals surface area contributed by atoms with Crippen molar-refractivity contribution in [2.75, 3.05) is 12.5 Å². The number of carbonyl (C=O) groups excluding carboxylic acids is 1. The molecule has 3 rings (SSSR count). The maximum atomic E-state index is 12.1. The summed E-state index contributed by atoms with van der Waals surface area (Å²) in [4.78, 5) is 16.5. The summed E-state index contributed by atoms with van der Waals surface area (Å²) in [6, 6.07) is 19.4. The highest BCUT2D eigenvalue weighted by molar-refractivity contribution is 5.87. The predicted octanol–water partition coefficient (Wildman–Crippen LogP) is 3.52. The van der Waals surface area contributed by atoms with Gasteiger partial charge in [0.2, 0.25) is 5.82 Å². The molecule has 0 saturated heterocycles. The first kappa shape index (κ1) is 14.8. The number of methoxy groups -OCH3 is 1. The molecular weight excluding hydrogens is 290 g/mol. The Kier molecular flexibility index (Phi) is 4.10. The molecule has 0 bridgehead atoms. The van der Waals surface area contributed by atoms with Gasteiger partial charge in [0.15, 0.2) is 0 Å². The van der Waals surface area contributed by atoms with E-state index in [1.807, 2.05) is 67.6 Å². The quantitative estimate of drug-likeness (QED) is 0.749. The standard InChI is InChI=1S/C18H17N3O2/c1-13-16(14-9-5-3-6-10-14)21(17(19-13)18(22)23-2)20-15-11-7-4-8-12-15/h3-12,20H,1-2H3. The minimum absolute atomic E-state index is 0.215. The van der Waals surface area contributed by atoms with Crippen molar-refractivity contribution in [1.82, 2.24) is 9.66 Å². The molecule has 0 aliphatic rings. The number of hydrogen-bond donors (Lipinski definition) is 1. The lowest BCUT2D eigenvalue weighted by Crippen LogP contribution is -2.19. The molecule has 0 unspecified atom stereocenters. The van der Waals surface area contributed by atoms with Crippen LogP contribution in [0.5, 0.6) is 0 Å². The molecule has 0 spiro atoms. The summed E-state index contributed by atoms with van der Waals surface area (Å²) in [5.41, 5.74) is 6.63. The molecule has 0 atom stereocenters. The normalized spacial score (nSPS) is 10.3. The van der Waals surface area contributed by atoms with E-state index >= 15 is 0 Å². The Morgan fingerprint density at radius 2 is 1.65 bits per heavy atom. The Morgan fingerprint density at radius 1 is 1.04 bits per heavy atom. The summed E-state index contributed by atoms with van der Waals surface area (Å²) in [6.07, 6.45) is 0. The molecule has 1 aromatic heterocycles. The van der Waals surface area contributed by atoms with Gasteiger partial charge in [-0.3, -0.25) is 5.43 Å². The first-order valence-corrected chi connectivity index (χ1v) is 7.26. The molecule has 3 aromatic rings. The van der Waals surface area contributed by atoms with Gasteiger partial charge in [0.25, 0.3) is 0 Å². The van der Waals surface area contributed by atoms with Crippen LogP contribution in [0.3, 0.4) is 0 Å². The molecule has 2 aromatic carbocycles. The van der Waals surface area contributed by atoms with Crippen LogP contribution < -0.4 is 5.43 Å². The van der Waals surface area contributed by atoms with Gasteiger partial charge in [0.1, 0.15) is 0 Å². The molecule has 0 saturated carbocycles. The van der Waals surface area contributed by atoms with Crippen LogP contribution in [0.25, 0.3) is 11.3 Å². The van der Waals surface area contributed by atoms with Gasteiger partial charge >= 0.3 is 5.97 Å². The largest absolute Gasteiger partial charge is 0.463 e. The van der Waals surface area contributed by atoms with Crippen molar-refractivity contribution in [3.8, 4) is 11.3 Å². The van der Waals surface area contributed by atoms with Gasteiger partial charge in [-0.25, -0.2) is 14.5 Å². The Bertz CT molecular complexity index is 811. The number of hydrogen-bond acceptors (Lipinski definition) is 4. The highest BCUT2D eigenvalue weighted by atomic mass is 16.5. The number of aryl methyl sites for hydroxylation is 1. The maximum absolute atomic E-state index is 12.1. The van der Waals surface area contributed by atoms with Crippen LogP contribution in [0, 0.1) is 6.92 Å². The zero-order chi connectivity index (χ0) is 16.2. The van der Waals surface area contributed by atoms with Gasteiger partial charge in [-0.15, -0.1) is 0 Å². The third-order valence-electron chi connectivity index (χ3n) is 3.48. The second-order valence-corrected chi connectivity index (χ2v) is 5.04. The van der Waals surface area contributed by atoms with Crippen molar-refractivity contribution in [2.24, 2.45) is 0 Å². The van der Waals surface area contributed by atoms with E-state index in [1.54, 1.807) is 4.68 Å². The van der Waals surface area contributed by atoms with Gasteiger partial charge in [-0.1, -0.05) is 48.5 Å². The smallest absolute Gasteiger partial charge is 0.376 e. The first-order chi connectivity index (χ1) is 11.2. The fourth-order valence-electron chi connectivity index (χ4n) is 2.44. The minimum atomic E-state index is -0.487. The average molecular weight is 307 g/mol. The van der Waals surface area contributed by atoms with Crippen LogP contribution in [-0.2, 0) is 4.74 Å². The van der Waals surface area contributed by atoms with Crippen LogP contribution in [0.4, 0.5) is 5.69 Å². The topological polar surface area (TPSA) is 56.1 Å². The molecule has 23 heavy (non-hydrogen) atoms. The number of nitrogens with one attached hydrogen (secondary N) is 1. The van der Waals surface area contributed by atoms with E-state index < -0.39 is 5.97 Å². The van der Waals surface area contributed by atoms with Crippen molar-refractivity contribution in [2.45, 2.75) is 6.92 Å². The van der Waals surface area contributed by atoms with Crippen LogP contribution >= 0.6 is 0 Å². The molecule has 1 N–H and O–H groups in total. The van der Waals surface area contributed by atoms with Crippen LogP contribution in [0.1, 0.15) is 16.3 Å². The van der Waals surface area contributed by atoms with Gasteiger partial charge < -0.3 is 4.74 Å². The minimum Gasteiger partial charge on any atom is -0.463 e. The number of esters is 1. The van der Waals surface area contributed by atoms with Crippen molar-refractivity contribution in [1.29, 1.82) is 0 Å². The van der Waals surface area contributed by atoms with Crippen LogP contribution in [-0.4, -0.2) is 22.7 Å². The Morgan fingerprint density at radius 3 is 2.26 bits per heavy atom. The fraction of sp³-hybridized carbons (Fsp3) is 0.111. The van der Waals surface area contributed by atoms with Crippen molar-refractivity contribution < 1.29 is 9.53 Å². The van der Waals surface area contributed by atoms with Crippen molar-refractivity contribution in [3.63, 3.8) is 0 Å². The van der Waals surface area contributed by atoms with E-state index in [4.69, 9.17) is 4.74 Å². The first-order valence-electron chi connectivity index (χ1n) is 7.26. The second-order valence-electron chi connectivity index (χ2n) is 5.04. The monoisotopic (exact) mass is 307 g/mol. The Labute approximate surface area is 134 Å². The Hall–Kier alpha value is -3.08. The molecule has 116 valence electrons. The van der Waals surface area contributed by atoms with Gasteiger partial charge in [-0.2, -0.15) is 0 Å². The number of aromatic nitrogens is 2. The lowest BCUT2D eigenvalue weighted by molar-refractivity contribution is 0.0583. The zero-order valence-electron chi connectivity index (χ0n) is 13.0. The molecule has 5 heteroatoms.